The fourth-order valence-electron chi connectivity index (χ4n) is 5.61. The predicted molar refractivity (Wildman–Crippen MR) is 123 cm³/mol. The Morgan fingerprint density at radius 3 is 1.66 bits per heavy atom. The first-order chi connectivity index (χ1) is 15.8. The van der Waals surface area contributed by atoms with E-state index < -0.39 is 0 Å². The first-order valence-electron chi connectivity index (χ1n) is 10.5. The maximum Gasteiger partial charge on any atom is 0.222 e. The molecule has 146 valence electrons. The Hall–Kier alpha value is -4.54. The Kier molecular flexibility index (Phi) is 3.22. The largest absolute Gasteiger partial charge is 0.260 e. The van der Waals surface area contributed by atoms with E-state index in [1.807, 2.05) is 24.3 Å². The van der Waals surface area contributed by atoms with E-state index in [4.69, 9.17) is 16.5 Å². The number of fused-ring (bicyclic) bond motifs is 2. The van der Waals surface area contributed by atoms with Crippen LogP contribution in [-0.2, 0) is 0 Å². The Balaban J connectivity index is 1.67. The minimum atomic E-state index is -0.0197. The van der Waals surface area contributed by atoms with Crippen molar-refractivity contribution in [3.8, 4) is 6.07 Å². The summed E-state index contributed by atoms with van der Waals surface area (Å²) >= 11 is 0. The van der Waals surface area contributed by atoms with Gasteiger partial charge in [0.15, 0.2) is 0 Å². The first kappa shape index (κ1) is 17.2. The molecule has 0 radical (unpaired) electrons. The number of rotatable bonds is 0. The Morgan fingerprint density at radius 1 is 0.688 bits per heavy atom. The van der Waals surface area contributed by atoms with Crippen molar-refractivity contribution >= 4 is 27.5 Å². The van der Waals surface area contributed by atoms with Gasteiger partial charge >= 0.3 is 0 Å². The number of nitrogens with zero attached hydrogens (tertiary/aromatic N) is 4. The van der Waals surface area contributed by atoms with Gasteiger partial charge in [0.1, 0.15) is 6.07 Å². The van der Waals surface area contributed by atoms with E-state index in [9.17, 15) is 5.26 Å². The van der Waals surface area contributed by atoms with Gasteiger partial charge in [0.2, 0.25) is 5.69 Å². The molecule has 0 saturated carbocycles. The third-order valence-electron chi connectivity index (χ3n) is 6.87. The third-order valence-corrected chi connectivity index (χ3v) is 6.87. The maximum atomic E-state index is 10.1. The van der Waals surface area contributed by atoms with E-state index in [1.165, 1.54) is 22.3 Å². The van der Waals surface area contributed by atoms with E-state index >= 15 is 0 Å². The summed E-state index contributed by atoms with van der Waals surface area (Å²) in [6.45, 7) is 7.89. The average molecular weight is 406 g/mol. The highest BCUT2D eigenvalue weighted by molar-refractivity contribution is 6.12. The lowest BCUT2D eigenvalue weighted by atomic mass is 9.64. The second-order valence-electron chi connectivity index (χ2n) is 8.31. The van der Waals surface area contributed by atoms with Gasteiger partial charge in [-0.05, 0) is 33.0 Å². The number of hydrogen-bond acceptors (Lipinski definition) is 3. The molecule has 0 saturated heterocycles. The lowest BCUT2D eigenvalue weighted by molar-refractivity contribution is 0.709. The molecule has 8 rings (SSSR count). The topological polar surface area (TPSA) is 53.9 Å². The molecule has 0 spiro atoms. The van der Waals surface area contributed by atoms with Gasteiger partial charge in [-0.25, -0.2) is 9.83 Å². The third kappa shape index (κ3) is 1.95. The van der Waals surface area contributed by atoms with Crippen LogP contribution in [0.15, 0.2) is 72.8 Å². The van der Waals surface area contributed by atoms with Crippen molar-refractivity contribution in [3.63, 3.8) is 0 Å². The van der Waals surface area contributed by atoms with E-state index in [1.54, 1.807) is 0 Å². The van der Waals surface area contributed by atoms with Crippen molar-refractivity contribution < 1.29 is 0 Å². The van der Waals surface area contributed by atoms with Crippen molar-refractivity contribution in [2.24, 2.45) is 0 Å². The number of hydrogen-bond donors (Lipinski definition) is 0. The van der Waals surface area contributed by atoms with Crippen LogP contribution < -0.4 is 0 Å². The monoisotopic (exact) mass is 406 g/mol. The van der Waals surface area contributed by atoms with Crippen LogP contribution in [0, 0.1) is 17.9 Å². The normalized spacial score (nSPS) is 17.3. The summed E-state index contributed by atoms with van der Waals surface area (Å²) < 4.78 is 0. The minimum absolute atomic E-state index is 0.0186. The Labute approximate surface area is 184 Å². The van der Waals surface area contributed by atoms with Crippen LogP contribution in [0.3, 0.4) is 0 Å². The van der Waals surface area contributed by atoms with Crippen LogP contribution in [-0.4, -0.2) is 9.97 Å². The van der Waals surface area contributed by atoms with Crippen LogP contribution in [0.25, 0.3) is 26.7 Å². The zero-order valence-electron chi connectivity index (χ0n) is 16.9. The van der Waals surface area contributed by atoms with E-state index in [0.717, 1.165) is 22.2 Å². The highest BCUT2D eigenvalue weighted by atomic mass is 14.9. The fourth-order valence-corrected chi connectivity index (χ4v) is 5.61. The maximum absolute atomic E-state index is 10.1. The predicted octanol–water partition coefficient (Wildman–Crippen LogP) is 6.19. The number of benzene rings is 4. The van der Waals surface area contributed by atoms with Crippen LogP contribution in [0.1, 0.15) is 51.0 Å². The molecule has 4 nitrogen and oxygen atoms in total. The lowest BCUT2D eigenvalue weighted by Crippen LogP contribution is -2.29. The summed E-state index contributed by atoms with van der Waals surface area (Å²) in [6, 6.07) is 26.9. The van der Waals surface area contributed by atoms with Crippen LogP contribution in [0.2, 0.25) is 0 Å². The van der Waals surface area contributed by atoms with E-state index in [0.29, 0.717) is 22.3 Å². The second kappa shape index (κ2) is 6.00. The van der Waals surface area contributed by atoms with Gasteiger partial charge in [-0.2, -0.15) is 5.26 Å². The molecule has 0 fully saturated rings. The summed E-state index contributed by atoms with van der Waals surface area (Å²) in [5.74, 6) is -0.0383. The number of aromatic nitrogens is 2. The second-order valence-corrected chi connectivity index (χ2v) is 8.31. The fraction of sp³-hybridized carbons (Fsp3) is 0.0714. The van der Waals surface area contributed by atoms with E-state index in [2.05, 4.69) is 59.4 Å². The summed E-state index contributed by atoms with van der Waals surface area (Å²) in [4.78, 5) is 14.0. The molecule has 0 atom stereocenters. The molecular formula is C28H14N4. The van der Waals surface area contributed by atoms with Gasteiger partial charge < -0.3 is 0 Å². The van der Waals surface area contributed by atoms with Crippen LogP contribution in [0.4, 0.5) is 5.69 Å². The van der Waals surface area contributed by atoms with Crippen molar-refractivity contribution in [1.29, 1.82) is 5.26 Å². The van der Waals surface area contributed by atoms with Gasteiger partial charge in [0.05, 0.1) is 46.4 Å². The molecule has 0 N–H and O–H groups in total. The summed E-state index contributed by atoms with van der Waals surface area (Å²) in [5.41, 5.74) is 8.82. The molecule has 3 aliphatic carbocycles. The van der Waals surface area contributed by atoms with Gasteiger partial charge in [-0.1, -0.05) is 72.8 Å². The SMILES string of the molecule is [C-]#[N+]c1c2ccccc2c(C#N)c2nc3c(nc12)C1c2ccccc2C3c2ccccc21. The zero-order chi connectivity index (χ0) is 21.4. The van der Waals surface area contributed by atoms with Gasteiger partial charge in [-0.3, -0.25) is 4.98 Å². The van der Waals surface area contributed by atoms with Gasteiger partial charge in [0, 0.05) is 0 Å². The Morgan fingerprint density at radius 2 is 1.16 bits per heavy atom. The van der Waals surface area contributed by atoms with Gasteiger partial charge in [-0.15, -0.1) is 0 Å². The van der Waals surface area contributed by atoms with Crippen LogP contribution in [0.5, 0.6) is 0 Å². The molecular weight excluding hydrogens is 392 g/mol. The average Bonchev–Trinajstić information content (AvgIpc) is 2.85. The summed E-state index contributed by atoms with van der Waals surface area (Å²) in [7, 11) is 0. The lowest BCUT2D eigenvalue weighted by Gasteiger charge is -2.40. The highest BCUT2D eigenvalue weighted by Gasteiger charge is 2.43. The number of nitriles is 1. The zero-order valence-corrected chi connectivity index (χ0v) is 16.9. The van der Waals surface area contributed by atoms with Gasteiger partial charge in [0.25, 0.3) is 0 Å². The standard InChI is InChI=1S/C28H14N4/c1-30-24-20-13-7-2-8-15(20)21(14-29)25-28(24)32-27-23-18-11-5-3-9-16(18)22(26(27)31-25)17-10-4-6-12-19(17)23/h2-13,22-23H. The smallest absolute Gasteiger partial charge is 0.222 e. The molecule has 4 heteroatoms. The van der Waals surface area contributed by atoms with Crippen molar-refractivity contribution in [2.75, 3.05) is 0 Å². The minimum Gasteiger partial charge on any atom is -0.260 e. The molecule has 1 aromatic heterocycles. The summed E-state index contributed by atoms with van der Waals surface area (Å²) in [6.07, 6.45) is 0. The molecule has 5 aromatic rings. The molecule has 0 aliphatic heterocycles. The quantitative estimate of drug-likeness (QED) is 0.223. The summed E-state index contributed by atoms with van der Waals surface area (Å²) in [5, 5.41) is 11.6. The first-order valence-corrected chi connectivity index (χ1v) is 10.5. The molecule has 2 bridgehead atoms. The molecule has 1 heterocycles. The molecule has 4 aromatic carbocycles. The van der Waals surface area contributed by atoms with Crippen molar-refractivity contribution in [1.82, 2.24) is 9.97 Å². The van der Waals surface area contributed by atoms with Crippen LogP contribution >= 0.6 is 0 Å². The molecule has 32 heavy (non-hydrogen) atoms. The molecule has 3 aliphatic rings. The molecule has 0 unspecified atom stereocenters. The van der Waals surface area contributed by atoms with Crippen molar-refractivity contribution in [2.45, 2.75) is 11.8 Å². The van der Waals surface area contributed by atoms with Crippen molar-refractivity contribution in [3.05, 3.63) is 123 Å². The van der Waals surface area contributed by atoms with E-state index in [-0.39, 0.29) is 11.8 Å². The molecule has 0 amide bonds. The Bertz CT molecular complexity index is 1550. The highest BCUT2D eigenvalue weighted by Crippen LogP contribution is 2.55.